The molecular weight excluding hydrogens is 330 g/mol. The Kier molecular flexibility index (Phi) is 4.18. The van der Waals surface area contributed by atoms with Gasteiger partial charge >= 0.3 is 0 Å². The summed E-state index contributed by atoms with van der Waals surface area (Å²) in [5.74, 6) is 0.726. The van der Waals surface area contributed by atoms with Gasteiger partial charge in [0.05, 0.1) is 12.1 Å². The second-order valence-electron chi connectivity index (χ2n) is 6.01. The Hall–Kier alpha value is -3.48. The van der Waals surface area contributed by atoms with Crippen LogP contribution in [0.4, 0.5) is 0 Å². The van der Waals surface area contributed by atoms with Gasteiger partial charge in [0.1, 0.15) is 11.3 Å². The summed E-state index contributed by atoms with van der Waals surface area (Å²) in [5.41, 5.74) is 2.11. The first kappa shape index (κ1) is 16.0. The van der Waals surface area contributed by atoms with Crippen LogP contribution in [0.15, 0.2) is 65.4 Å². The van der Waals surface area contributed by atoms with Crippen LogP contribution in [0.25, 0.3) is 17.0 Å². The van der Waals surface area contributed by atoms with E-state index >= 15 is 0 Å². The van der Waals surface area contributed by atoms with Crippen molar-refractivity contribution in [2.75, 3.05) is 6.54 Å². The van der Waals surface area contributed by atoms with E-state index in [4.69, 9.17) is 4.52 Å². The van der Waals surface area contributed by atoms with Crippen molar-refractivity contribution < 1.29 is 9.32 Å². The van der Waals surface area contributed by atoms with E-state index < -0.39 is 0 Å². The summed E-state index contributed by atoms with van der Waals surface area (Å²) >= 11 is 0. The van der Waals surface area contributed by atoms with E-state index in [9.17, 15) is 4.79 Å². The molecule has 1 N–H and O–H groups in total. The van der Waals surface area contributed by atoms with Gasteiger partial charge in [-0.3, -0.25) is 9.20 Å². The molecule has 3 aromatic heterocycles. The third-order valence-electron chi connectivity index (χ3n) is 4.11. The summed E-state index contributed by atoms with van der Waals surface area (Å²) in [6.45, 7) is 2.31. The number of amides is 1. The van der Waals surface area contributed by atoms with Gasteiger partial charge in [0, 0.05) is 18.3 Å². The predicted octanol–water partition coefficient (Wildman–Crippen LogP) is 2.92. The van der Waals surface area contributed by atoms with Crippen LogP contribution < -0.4 is 5.32 Å². The number of fused-ring (bicyclic) bond motifs is 1. The molecule has 0 aliphatic rings. The number of carbonyl (C=O) groups is 1. The van der Waals surface area contributed by atoms with Crippen LogP contribution in [0.3, 0.4) is 0 Å². The Labute approximate surface area is 149 Å². The zero-order valence-electron chi connectivity index (χ0n) is 14.2. The summed E-state index contributed by atoms with van der Waals surface area (Å²) in [5, 5.41) is 6.91. The number of carbonyl (C=O) groups excluding carboxylic acids is 1. The fraction of sp³-hybridized carbons (Fsp3) is 0.158. The highest BCUT2D eigenvalue weighted by Gasteiger charge is 2.18. The molecule has 1 amide bonds. The van der Waals surface area contributed by atoms with Gasteiger partial charge in [0.15, 0.2) is 0 Å². The molecule has 0 aliphatic carbocycles. The van der Waals surface area contributed by atoms with E-state index in [2.05, 4.69) is 20.4 Å². The minimum absolute atomic E-state index is 0.108. The summed E-state index contributed by atoms with van der Waals surface area (Å²) in [7, 11) is 0. The van der Waals surface area contributed by atoms with Crippen molar-refractivity contribution >= 4 is 11.6 Å². The molecule has 4 aromatic rings. The van der Waals surface area contributed by atoms with Gasteiger partial charge in [-0.2, -0.15) is 4.98 Å². The van der Waals surface area contributed by atoms with Crippen LogP contribution in [0, 0.1) is 0 Å². The van der Waals surface area contributed by atoms with Crippen LogP contribution in [0.1, 0.15) is 29.2 Å². The molecule has 1 aromatic carbocycles. The van der Waals surface area contributed by atoms with Crippen molar-refractivity contribution in [3.05, 3.63) is 72.5 Å². The van der Waals surface area contributed by atoms with Crippen LogP contribution >= 0.6 is 0 Å². The zero-order chi connectivity index (χ0) is 17.9. The molecule has 0 unspecified atom stereocenters. The van der Waals surface area contributed by atoms with Crippen molar-refractivity contribution in [1.29, 1.82) is 0 Å². The molecule has 0 fully saturated rings. The van der Waals surface area contributed by atoms with Gasteiger partial charge in [0.25, 0.3) is 5.91 Å². The Morgan fingerprint density at radius 1 is 1.19 bits per heavy atom. The number of hydrogen-bond acceptors (Lipinski definition) is 5. The fourth-order valence-electron chi connectivity index (χ4n) is 2.66. The Balaban J connectivity index is 1.43. The lowest BCUT2D eigenvalue weighted by molar-refractivity contribution is 0.0944. The molecule has 0 saturated carbocycles. The highest BCUT2D eigenvalue weighted by Crippen LogP contribution is 2.19. The third-order valence-corrected chi connectivity index (χ3v) is 4.11. The minimum atomic E-state index is -0.196. The van der Waals surface area contributed by atoms with Crippen molar-refractivity contribution in [1.82, 2.24) is 24.8 Å². The van der Waals surface area contributed by atoms with E-state index in [0.717, 1.165) is 11.2 Å². The maximum atomic E-state index is 12.4. The first-order valence-corrected chi connectivity index (χ1v) is 8.31. The maximum Gasteiger partial charge on any atom is 0.269 e. The normalized spacial score (nSPS) is 12.2. The number of aromatic nitrogens is 4. The number of rotatable bonds is 5. The molecule has 1 atom stereocenters. The van der Waals surface area contributed by atoms with Crippen LogP contribution in [-0.4, -0.2) is 32.0 Å². The van der Waals surface area contributed by atoms with Gasteiger partial charge in [-0.1, -0.05) is 48.5 Å². The van der Waals surface area contributed by atoms with Crippen molar-refractivity contribution in [3.8, 4) is 11.4 Å². The van der Waals surface area contributed by atoms with Crippen molar-refractivity contribution in [2.24, 2.45) is 0 Å². The number of nitrogens with zero attached hydrogens (tertiary/aromatic N) is 4. The summed E-state index contributed by atoms with van der Waals surface area (Å²) < 4.78 is 7.09. The van der Waals surface area contributed by atoms with Gasteiger partial charge < -0.3 is 9.84 Å². The molecule has 0 bridgehead atoms. The SMILES string of the molecule is C[C@H](CNC(=O)c1cnc2ccccn12)c1nc(-c2ccccc2)no1. The van der Waals surface area contributed by atoms with Crippen LogP contribution in [0.2, 0.25) is 0 Å². The number of imidazole rings is 1. The van der Waals surface area contributed by atoms with Gasteiger partial charge in [-0.15, -0.1) is 0 Å². The monoisotopic (exact) mass is 347 g/mol. The second-order valence-corrected chi connectivity index (χ2v) is 6.01. The first-order valence-electron chi connectivity index (χ1n) is 8.31. The average molecular weight is 347 g/mol. The quantitative estimate of drug-likeness (QED) is 0.600. The standard InChI is InChI=1S/C19H17N5O2/c1-13(19-22-17(23-26-19)14-7-3-2-4-8-14)11-21-18(25)15-12-20-16-9-5-6-10-24(15)16/h2-10,12-13H,11H2,1H3,(H,21,25)/t13-/m1/s1. The predicted molar refractivity (Wildman–Crippen MR) is 95.7 cm³/mol. The lowest BCUT2D eigenvalue weighted by Gasteiger charge is -2.08. The largest absolute Gasteiger partial charge is 0.350 e. The molecular formula is C19H17N5O2. The Morgan fingerprint density at radius 2 is 2.00 bits per heavy atom. The highest BCUT2D eigenvalue weighted by molar-refractivity contribution is 5.93. The number of hydrogen-bond donors (Lipinski definition) is 1. The third kappa shape index (κ3) is 3.06. The van der Waals surface area contributed by atoms with Crippen LogP contribution in [0.5, 0.6) is 0 Å². The lowest BCUT2D eigenvalue weighted by atomic mass is 10.1. The molecule has 4 rings (SSSR count). The fourth-order valence-corrected chi connectivity index (χ4v) is 2.66. The van der Waals surface area contributed by atoms with Gasteiger partial charge in [-0.05, 0) is 12.1 Å². The Morgan fingerprint density at radius 3 is 2.85 bits per heavy atom. The highest BCUT2D eigenvalue weighted by atomic mass is 16.5. The molecule has 0 saturated heterocycles. The van der Waals surface area contributed by atoms with Crippen molar-refractivity contribution in [3.63, 3.8) is 0 Å². The van der Waals surface area contributed by atoms with E-state index in [1.54, 1.807) is 10.6 Å². The summed E-state index contributed by atoms with van der Waals surface area (Å²) in [6.07, 6.45) is 3.38. The van der Waals surface area contributed by atoms with Gasteiger partial charge in [0.2, 0.25) is 11.7 Å². The van der Waals surface area contributed by atoms with E-state index in [1.807, 2.05) is 61.7 Å². The van der Waals surface area contributed by atoms with Crippen molar-refractivity contribution in [2.45, 2.75) is 12.8 Å². The topological polar surface area (TPSA) is 85.3 Å². The molecule has 0 aliphatic heterocycles. The smallest absolute Gasteiger partial charge is 0.269 e. The zero-order valence-corrected chi connectivity index (χ0v) is 14.2. The molecule has 3 heterocycles. The number of benzene rings is 1. The molecule has 0 spiro atoms. The Bertz CT molecular complexity index is 1040. The molecule has 26 heavy (non-hydrogen) atoms. The van der Waals surface area contributed by atoms with E-state index in [1.165, 1.54) is 0 Å². The lowest BCUT2D eigenvalue weighted by Crippen LogP contribution is -2.28. The second kappa shape index (κ2) is 6.79. The molecule has 130 valence electrons. The number of nitrogens with one attached hydrogen (secondary N) is 1. The molecule has 7 nitrogen and oxygen atoms in total. The number of pyridine rings is 1. The van der Waals surface area contributed by atoms with E-state index in [-0.39, 0.29) is 11.8 Å². The minimum Gasteiger partial charge on any atom is -0.350 e. The first-order chi connectivity index (χ1) is 12.7. The average Bonchev–Trinajstić information content (AvgIpc) is 3.34. The maximum absolute atomic E-state index is 12.4. The molecule has 0 radical (unpaired) electrons. The summed E-state index contributed by atoms with van der Waals surface area (Å²) in [4.78, 5) is 21.1. The van der Waals surface area contributed by atoms with E-state index in [0.29, 0.717) is 24.0 Å². The van der Waals surface area contributed by atoms with Crippen LogP contribution in [-0.2, 0) is 0 Å². The molecule has 7 heteroatoms. The van der Waals surface area contributed by atoms with Gasteiger partial charge in [-0.25, -0.2) is 4.98 Å². The summed E-state index contributed by atoms with van der Waals surface area (Å²) in [6, 6.07) is 15.2.